The van der Waals surface area contributed by atoms with E-state index in [1.807, 2.05) is 0 Å². The quantitative estimate of drug-likeness (QED) is 0.693. The number of carbonyl (C=O) groups is 1. The van der Waals surface area contributed by atoms with Crippen molar-refractivity contribution in [2.24, 2.45) is 0 Å². The molecule has 1 unspecified atom stereocenters. The first-order valence-electron chi connectivity index (χ1n) is 8.07. The normalized spacial score (nSPS) is 12.8. The molecular formula is C17H20F3N3O4. The zero-order valence-corrected chi connectivity index (χ0v) is 15.1. The molecule has 1 amide bonds. The van der Waals surface area contributed by atoms with Crippen molar-refractivity contribution < 1.29 is 32.0 Å². The lowest BCUT2D eigenvalue weighted by atomic mass is 10.1. The van der Waals surface area contributed by atoms with Gasteiger partial charge in [-0.25, -0.2) is 0 Å². The second-order valence-electron chi connectivity index (χ2n) is 5.75. The van der Waals surface area contributed by atoms with Gasteiger partial charge in [-0.2, -0.15) is 18.2 Å². The van der Waals surface area contributed by atoms with E-state index >= 15 is 0 Å². The van der Waals surface area contributed by atoms with E-state index in [1.54, 1.807) is 36.1 Å². The first-order chi connectivity index (χ1) is 12.8. The van der Waals surface area contributed by atoms with Crippen molar-refractivity contribution in [2.45, 2.75) is 25.7 Å². The van der Waals surface area contributed by atoms with Crippen LogP contribution in [-0.4, -0.2) is 54.4 Å². The number of carbonyl (C=O) groups excluding carboxylic acids is 1. The number of ether oxygens (including phenoxy) is 2. The summed E-state index contributed by atoms with van der Waals surface area (Å²) in [5.74, 6) is -1.74. The van der Waals surface area contributed by atoms with Crippen LogP contribution in [0.1, 0.15) is 18.4 Å². The summed E-state index contributed by atoms with van der Waals surface area (Å²) < 4.78 is 51.9. The molecule has 0 aliphatic carbocycles. The van der Waals surface area contributed by atoms with Crippen molar-refractivity contribution in [2.75, 3.05) is 27.4 Å². The number of methoxy groups -OCH3 is 2. The minimum Gasteiger partial charge on any atom is -0.383 e. The first kappa shape index (κ1) is 20.8. The second kappa shape index (κ2) is 8.96. The molecule has 7 nitrogen and oxygen atoms in total. The van der Waals surface area contributed by atoms with Crippen LogP contribution >= 0.6 is 0 Å². The van der Waals surface area contributed by atoms with Crippen LogP contribution in [0.15, 0.2) is 28.8 Å². The molecule has 0 aliphatic rings. The molecule has 0 fully saturated rings. The molecule has 1 atom stereocenters. The monoisotopic (exact) mass is 387 g/mol. The highest BCUT2D eigenvalue weighted by Gasteiger charge is 2.38. The Morgan fingerprint density at radius 3 is 2.44 bits per heavy atom. The Kier molecular flexibility index (Phi) is 6.92. The first-order valence-corrected chi connectivity index (χ1v) is 8.07. The van der Waals surface area contributed by atoms with Crippen LogP contribution in [0.4, 0.5) is 13.2 Å². The van der Waals surface area contributed by atoms with Crippen LogP contribution < -0.4 is 0 Å². The summed E-state index contributed by atoms with van der Waals surface area (Å²) in [6.45, 7) is 2.70. The lowest BCUT2D eigenvalue weighted by Crippen LogP contribution is -2.40. The molecule has 1 heterocycles. The Labute approximate surface area is 154 Å². The predicted octanol–water partition coefficient (Wildman–Crippen LogP) is 2.77. The zero-order valence-electron chi connectivity index (χ0n) is 15.1. The van der Waals surface area contributed by atoms with Gasteiger partial charge in [-0.15, -0.1) is 0 Å². The number of aromatic nitrogens is 2. The maximum absolute atomic E-state index is 12.5. The SMILES string of the molecule is COCCN(Cc1ccc(-c2noc(C(F)(F)F)n2)cc1)C(=O)C(C)OC. The van der Waals surface area contributed by atoms with Crippen LogP contribution in [0.2, 0.25) is 0 Å². The molecular weight excluding hydrogens is 367 g/mol. The number of halogens is 3. The molecule has 10 heteroatoms. The molecule has 0 saturated carbocycles. The highest BCUT2D eigenvalue weighted by molar-refractivity contribution is 5.80. The van der Waals surface area contributed by atoms with Gasteiger partial charge in [0.05, 0.1) is 6.61 Å². The van der Waals surface area contributed by atoms with Crippen LogP contribution in [0.5, 0.6) is 0 Å². The number of hydrogen-bond donors (Lipinski definition) is 0. The molecule has 1 aromatic heterocycles. The van der Waals surface area contributed by atoms with Crippen molar-refractivity contribution in [1.29, 1.82) is 0 Å². The Hall–Kier alpha value is -2.46. The molecule has 2 aromatic rings. The van der Waals surface area contributed by atoms with Crippen molar-refractivity contribution in [3.63, 3.8) is 0 Å². The summed E-state index contributed by atoms with van der Waals surface area (Å²) in [4.78, 5) is 17.3. The van der Waals surface area contributed by atoms with Crippen molar-refractivity contribution >= 4 is 5.91 Å². The van der Waals surface area contributed by atoms with Gasteiger partial charge in [-0.3, -0.25) is 4.79 Å². The topological polar surface area (TPSA) is 77.7 Å². The summed E-state index contributed by atoms with van der Waals surface area (Å²) >= 11 is 0. The highest BCUT2D eigenvalue weighted by atomic mass is 19.4. The third-order valence-electron chi connectivity index (χ3n) is 3.83. The fourth-order valence-electron chi connectivity index (χ4n) is 2.26. The molecule has 0 spiro atoms. The van der Waals surface area contributed by atoms with Gasteiger partial charge >= 0.3 is 12.1 Å². The molecule has 1 aromatic carbocycles. The van der Waals surface area contributed by atoms with Gasteiger partial charge in [0.25, 0.3) is 5.91 Å². The van der Waals surface area contributed by atoms with Crippen molar-refractivity contribution in [3.8, 4) is 11.4 Å². The van der Waals surface area contributed by atoms with Gasteiger partial charge in [-0.05, 0) is 12.5 Å². The average Bonchev–Trinajstić information content (AvgIpc) is 3.15. The number of benzene rings is 1. The number of amides is 1. The van der Waals surface area contributed by atoms with Crippen LogP contribution in [-0.2, 0) is 27.0 Å². The lowest BCUT2D eigenvalue weighted by molar-refractivity contribution is -0.159. The number of hydrogen-bond acceptors (Lipinski definition) is 6. The minimum absolute atomic E-state index is 0.158. The number of nitrogens with zero attached hydrogens (tertiary/aromatic N) is 3. The third-order valence-corrected chi connectivity index (χ3v) is 3.83. The van der Waals surface area contributed by atoms with E-state index in [0.29, 0.717) is 25.3 Å². The van der Waals surface area contributed by atoms with E-state index in [9.17, 15) is 18.0 Å². The van der Waals surface area contributed by atoms with Crippen molar-refractivity contribution in [1.82, 2.24) is 15.0 Å². The Balaban J connectivity index is 2.12. The average molecular weight is 387 g/mol. The van der Waals surface area contributed by atoms with E-state index in [2.05, 4.69) is 14.7 Å². The van der Waals surface area contributed by atoms with Gasteiger partial charge in [-0.1, -0.05) is 29.4 Å². The molecule has 2 rings (SSSR count). The predicted molar refractivity (Wildman–Crippen MR) is 88.5 cm³/mol. The zero-order chi connectivity index (χ0) is 20.0. The maximum atomic E-state index is 12.5. The Morgan fingerprint density at radius 1 is 1.26 bits per heavy atom. The van der Waals surface area contributed by atoms with Gasteiger partial charge in [0.15, 0.2) is 0 Å². The molecule has 148 valence electrons. The Bertz CT molecular complexity index is 747. The van der Waals surface area contributed by atoms with E-state index in [0.717, 1.165) is 5.56 Å². The highest BCUT2D eigenvalue weighted by Crippen LogP contribution is 2.29. The van der Waals surface area contributed by atoms with Crippen LogP contribution in [0, 0.1) is 0 Å². The fourth-order valence-corrected chi connectivity index (χ4v) is 2.26. The molecule has 27 heavy (non-hydrogen) atoms. The minimum atomic E-state index is -4.69. The standard InChI is InChI=1S/C17H20F3N3O4/c1-11(26-3)15(24)23(8-9-25-2)10-12-4-6-13(7-5-12)14-21-16(27-22-14)17(18,19)20/h4-7,11H,8-10H2,1-3H3. The van der Waals surface area contributed by atoms with E-state index in [1.165, 1.54) is 14.2 Å². The summed E-state index contributed by atoms with van der Waals surface area (Å²) in [5.41, 5.74) is 1.16. The molecule has 0 saturated heterocycles. The van der Waals surface area contributed by atoms with Gasteiger partial charge < -0.3 is 18.9 Å². The summed E-state index contributed by atoms with van der Waals surface area (Å²) in [5, 5.41) is 3.34. The van der Waals surface area contributed by atoms with E-state index < -0.39 is 18.2 Å². The summed E-state index contributed by atoms with van der Waals surface area (Å²) in [6.07, 6.45) is -5.29. The molecule has 0 aliphatic heterocycles. The summed E-state index contributed by atoms with van der Waals surface area (Å²) in [7, 11) is 2.99. The van der Waals surface area contributed by atoms with E-state index in [-0.39, 0.29) is 11.7 Å². The number of alkyl halides is 3. The largest absolute Gasteiger partial charge is 0.471 e. The van der Waals surface area contributed by atoms with Crippen LogP contribution in [0.25, 0.3) is 11.4 Å². The smallest absolute Gasteiger partial charge is 0.383 e. The van der Waals surface area contributed by atoms with Gasteiger partial charge in [0, 0.05) is 32.9 Å². The second-order valence-corrected chi connectivity index (χ2v) is 5.75. The summed E-state index contributed by atoms with van der Waals surface area (Å²) in [6, 6.07) is 6.51. The van der Waals surface area contributed by atoms with E-state index in [4.69, 9.17) is 9.47 Å². The maximum Gasteiger partial charge on any atom is 0.471 e. The van der Waals surface area contributed by atoms with Crippen LogP contribution in [0.3, 0.4) is 0 Å². The van der Waals surface area contributed by atoms with Gasteiger partial charge in [0.2, 0.25) is 5.82 Å². The lowest BCUT2D eigenvalue weighted by Gasteiger charge is -2.25. The molecule has 0 radical (unpaired) electrons. The number of rotatable bonds is 8. The fraction of sp³-hybridized carbons (Fsp3) is 0.471. The van der Waals surface area contributed by atoms with Gasteiger partial charge in [0.1, 0.15) is 6.10 Å². The van der Waals surface area contributed by atoms with Crippen molar-refractivity contribution in [3.05, 3.63) is 35.7 Å². The third kappa shape index (κ3) is 5.51. The molecule has 0 N–H and O–H groups in total. The molecule has 0 bridgehead atoms. The Morgan fingerprint density at radius 2 is 1.93 bits per heavy atom.